The van der Waals surface area contributed by atoms with Gasteiger partial charge in [-0.15, -0.1) is 0 Å². The standard InChI is InChI=1S/C11H18O2/c1-8-4-11(3,7-13)5-9(2)10(8)6-12/h4,12-13H,5-7H2,1-3H3. The molecule has 1 unspecified atom stereocenters. The van der Waals surface area contributed by atoms with Crippen molar-refractivity contribution in [3.05, 3.63) is 22.8 Å². The van der Waals surface area contributed by atoms with Gasteiger partial charge in [-0.05, 0) is 31.4 Å². The largest absolute Gasteiger partial charge is 0.395 e. The first kappa shape index (κ1) is 10.5. The van der Waals surface area contributed by atoms with Crippen molar-refractivity contribution in [1.29, 1.82) is 0 Å². The Balaban J connectivity index is 2.99. The quantitative estimate of drug-likeness (QED) is 0.681. The molecule has 2 N–H and O–H groups in total. The van der Waals surface area contributed by atoms with Crippen molar-refractivity contribution in [3.8, 4) is 0 Å². The van der Waals surface area contributed by atoms with Crippen LogP contribution in [0.3, 0.4) is 0 Å². The molecule has 0 saturated heterocycles. The molecule has 1 rings (SSSR count). The van der Waals surface area contributed by atoms with E-state index in [-0.39, 0.29) is 18.6 Å². The average molecular weight is 182 g/mol. The van der Waals surface area contributed by atoms with Gasteiger partial charge in [-0.2, -0.15) is 0 Å². The molecule has 0 spiro atoms. The first-order valence-electron chi connectivity index (χ1n) is 4.62. The molecule has 0 aliphatic heterocycles. The van der Waals surface area contributed by atoms with Gasteiger partial charge in [0, 0.05) is 5.41 Å². The Hall–Kier alpha value is -0.600. The zero-order valence-electron chi connectivity index (χ0n) is 8.59. The first-order chi connectivity index (χ1) is 6.02. The minimum atomic E-state index is -0.132. The van der Waals surface area contributed by atoms with Gasteiger partial charge in [0.2, 0.25) is 0 Å². The molecule has 1 atom stereocenters. The van der Waals surface area contributed by atoms with Gasteiger partial charge in [-0.1, -0.05) is 18.6 Å². The normalized spacial score (nSPS) is 29.2. The number of hydrogen-bond acceptors (Lipinski definition) is 2. The van der Waals surface area contributed by atoms with Crippen LogP contribution in [0.4, 0.5) is 0 Å². The second kappa shape index (κ2) is 3.64. The second-order valence-corrected chi connectivity index (χ2v) is 4.23. The van der Waals surface area contributed by atoms with Crippen LogP contribution in [0, 0.1) is 5.41 Å². The highest BCUT2D eigenvalue weighted by atomic mass is 16.3. The van der Waals surface area contributed by atoms with Crippen molar-refractivity contribution in [1.82, 2.24) is 0 Å². The summed E-state index contributed by atoms with van der Waals surface area (Å²) in [6.07, 6.45) is 2.91. The molecule has 74 valence electrons. The van der Waals surface area contributed by atoms with Crippen molar-refractivity contribution >= 4 is 0 Å². The summed E-state index contributed by atoms with van der Waals surface area (Å²) in [7, 11) is 0. The van der Waals surface area contributed by atoms with Crippen LogP contribution in [0.5, 0.6) is 0 Å². The van der Waals surface area contributed by atoms with Crippen molar-refractivity contribution in [2.75, 3.05) is 13.2 Å². The Morgan fingerprint density at radius 3 is 2.38 bits per heavy atom. The lowest BCUT2D eigenvalue weighted by atomic mass is 9.76. The first-order valence-corrected chi connectivity index (χ1v) is 4.62. The second-order valence-electron chi connectivity index (χ2n) is 4.23. The van der Waals surface area contributed by atoms with Crippen LogP contribution in [-0.2, 0) is 0 Å². The Morgan fingerprint density at radius 2 is 2.00 bits per heavy atom. The van der Waals surface area contributed by atoms with E-state index in [9.17, 15) is 5.11 Å². The highest BCUT2D eigenvalue weighted by Crippen LogP contribution is 2.36. The van der Waals surface area contributed by atoms with E-state index in [1.54, 1.807) is 0 Å². The Bertz CT molecular complexity index is 263. The number of aliphatic hydroxyl groups excluding tert-OH is 2. The fraction of sp³-hybridized carbons (Fsp3) is 0.636. The van der Waals surface area contributed by atoms with E-state index in [0.717, 1.165) is 17.6 Å². The third-order valence-corrected chi connectivity index (χ3v) is 2.74. The monoisotopic (exact) mass is 182 g/mol. The van der Waals surface area contributed by atoms with Crippen LogP contribution in [0.25, 0.3) is 0 Å². The van der Waals surface area contributed by atoms with E-state index in [1.165, 1.54) is 5.57 Å². The predicted octanol–water partition coefficient (Wildman–Crippen LogP) is 1.64. The zero-order valence-corrected chi connectivity index (χ0v) is 8.59. The van der Waals surface area contributed by atoms with Gasteiger partial charge in [0.15, 0.2) is 0 Å². The molecule has 0 aromatic rings. The molecule has 0 heterocycles. The van der Waals surface area contributed by atoms with E-state index >= 15 is 0 Å². The maximum Gasteiger partial charge on any atom is 0.0683 e. The molecule has 0 bridgehead atoms. The molecule has 0 aromatic heterocycles. The third-order valence-electron chi connectivity index (χ3n) is 2.74. The fourth-order valence-electron chi connectivity index (χ4n) is 2.07. The van der Waals surface area contributed by atoms with Crippen LogP contribution in [-0.4, -0.2) is 23.4 Å². The number of aliphatic hydroxyl groups is 2. The SMILES string of the molecule is CC1=CC(C)(CO)CC(C)=C1CO. The van der Waals surface area contributed by atoms with Gasteiger partial charge in [0.25, 0.3) is 0 Å². The Kier molecular flexibility index (Phi) is 2.94. The topological polar surface area (TPSA) is 40.5 Å². The molecule has 0 saturated carbocycles. The van der Waals surface area contributed by atoms with Crippen LogP contribution in [0.15, 0.2) is 22.8 Å². The molecule has 2 heteroatoms. The summed E-state index contributed by atoms with van der Waals surface area (Å²) in [4.78, 5) is 0. The smallest absolute Gasteiger partial charge is 0.0683 e. The highest BCUT2D eigenvalue weighted by molar-refractivity contribution is 5.39. The number of allylic oxidation sites excluding steroid dienone is 1. The van der Waals surface area contributed by atoms with E-state index in [0.29, 0.717) is 0 Å². The lowest BCUT2D eigenvalue weighted by molar-refractivity contribution is 0.180. The summed E-state index contributed by atoms with van der Waals surface area (Å²) in [5.74, 6) is 0. The van der Waals surface area contributed by atoms with Crippen molar-refractivity contribution < 1.29 is 10.2 Å². The van der Waals surface area contributed by atoms with Crippen LogP contribution in [0.2, 0.25) is 0 Å². The minimum absolute atomic E-state index is 0.107. The summed E-state index contributed by atoms with van der Waals surface area (Å²) < 4.78 is 0. The van der Waals surface area contributed by atoms with E-state index in [4.69, 9.17) is 5.11 Å². The Morgan fingerprint density at radius 1 is 1.38 bits per heavy atom. The van der Waals surface area contributed by atoms with Crippen molar-refractivity contribution in [2.45, 2.75) is 27.2 Å². The third kappa shape index (κ3) is 2.01. The van der Waals surface area contributed by atoms with Crippen LogP contribution in [0.1, 0.15) is 27.2 Å². The van der Waals surface area contributed by atoms with Gasteiger partial charge in [0.05, 0.1) is 13.2 Å². The maximum absolute atomic E-state index is 9.22. The molecule has 0 aromatic carbocycles. The molecule has 0 amide bonds. The Labute approximate surface area is 79.6 Å². The molecule has 2 nitrogen and oxygen atoms in total. The molecular weight excluding hydrogens is 164 g/mol. The number of rotatable bonds is 2. The lowest BCUT2D eigenvalue weighted by Crippen LogP contribution is -2.23. The predicted molar refractivity (Wildman–Crippen MR) is 53.4 cm³/mol. The maximum atomic E-state index is 9.22. The highest BCUT2D eigenvalue weighted by Gasteiger charge is 2.26. The summed E-state index contributed by atoms with van der Waals surface area (Å²) in [6, 6.07) is 0. The van der Waals surface area contributed by atoms with Crippen molar-refractivity contribution in [2.24, 2.45) is 5.41 Å². The van der Waals surface area contributed by atoms with E-state index < -0.39 is 0 Å². The summed E-state index contributed by atoms with van der Waals surface area (Å²) >= 11 is 0. The van der Waals surface area contributed by atoms with E-state index in [1.807, 2.05) is 20.8 Å². The molecule has 0 fully saturated rings. The van der Waals surface area contributed by atoms with Gasteiger partial charge in [-0.3, -0.25) is 0 Å². The lowest BCUT2D eigenvalue weighted by Gasteiger charge is -2.30. The summed E-state index contributed by atoms with van der Waals surface area (Å²) in [5, 5.41) is 18.3. The molecule has 1 aliphatic rings. The van der Waals surface area contributed by atoms with Crippen LogP contribution >= 0.6 is 0 Å². The summed E-state index contributed by atoms with van der Waals surface area (Å²) in [5.41, 5.74) is 3.19. The molecule has 13 heavy (non-hydrogen) atoms. The molecular formula is C11H18O2. The van der Waals surface area contributed by atoms with Crippen LogP contribution < -0.4 is 0 Å². The van der Waals surface area contributed by atoms with Gasteiger partial charge < -0.3 is 10.2 Å². The molecule has 0 radical (unpaired) electrons. The molecule has 1 aliphatic carbocycles. The average Bonchev–Trinajstić information content (AvgIpc) is 2.03. The van der Waals surface area contributed by atoms with E-state index in [2.05, 4.69) is 6.08 Å². The zero-order chi connectivity index (χ0) is 10.1. The number of hydrogen-bond donors (Lipinski definition) is 2. The van der Waals surface area contributed by atoms with Gasteiger partial charge >= 0.3 is 0 Å². The van der Waals surface area contributed by atoms with Gasteiger partial charge in [-0.25, -0.2) is 0 Å². The minimum Gasteiger partial charge on any atom is -0.395 e. The van der Waals surface area contributed by atoms with Gasteiger partial charge in [0.1, 0.15) is 0 Å². The summed E-state index contributed by atoms with van der Waals surface area (Å²) in [6.45, 7) is 6.32. The van der Waals surface area contributed by atoms with Crippen molar-refractivity contribution in [3.63, 3.8) is 0 Å². The fourth-order valence-corrected chi connectivity index (χ4v) is 2.07.